The fourth-order valence-corrected chi connectivity index (χ4v) is 3.48. The third-order valence-corrected chi connectivity index (χ3v) is 5.55. The van der Waals surface area contributed by atoms with Gasteiger partial charge in [0.25, 0.3) is 0 Å². The summed E-state index contributed by atoms with van der Waals surface area (Å²) in [6.07, 6.45) is 0.686. The standard InChI is InChI=1S/C24H32N4O2/c1-18(2)20-6-8-21(9-7-20)26-24(30)23(29)25-13-12-19-4-10-22(11-5-19)28-16-14-27(3)15-17-28/h4-11,18H,12-17H2,1-3H3,(H,25,29)(H,26,30). The third kappa shape index (κ3) is 6.07. The molecule has 2 aromatic rings. The molecule has 0 atom stereocenters. The number of nitrogens with zero attached hydrogens (tertiary/aromatic N) is 2. The van der Waals surface area contributed by atoms with Gasteiger partial charge in [-0.25, -0.2) is 0 Å². The zero-order valence-corrected chi connectivity index (χ0v) is 18.1. The number of piperazine rings is 1. The molecule has 1 fully saturated rings. The van der Waals surface area contributed by atoms with Crippen LogP contribution in [0.3, 0.4) is 0 Å². The summed E-state index contributed by atoms with van der Waals surface area (Å²) < 4.78 is 0. The predicted octanol–water partition coefficient (Wildman–Crippen LogP) is 2.86. The van der Waals surface area contributed by atoms with E-state index in [2.05, 4.69) is 65.6 Å². The summed E-state index contributed by atoms with van der Waals surface area (Å²) in [5, 5.41) is 5.34. The van der Waals surface area contributed by atoms with Crippen LogP contribution in [0.1, 0.15) is 30.9 Å². The summed E-state index contributed by atoms with van der Waals surface area (Å²) in [4.78, 5) is 28.9. The lowest BCUT2D eigenvalue weighted by Crippen LogP contribution is -2.44. The number of hydrogen-bond acceptors (Lipinski definition) is 4. The normalized spacial score (nSPS) is 14.6. The van der Waals surface area contributed by atoms with Gasteiger partial charge >= 0.3 is 11.8 Å². The van der Waals surface area contributed by atoms with Crippen LogP contribution in [0.25, 0.3) is 0 Å². The van der Waals surface area contributed by atoms with Crippen molar-refractivity contribution in [3.05, 3.63) is 59.7 Å². The Kier molecular flexibility index (Phi) is 7.46. The fourth-order valence-electron chi connectivity index (χ4n) is 3.48. The zero-order valence-electron chi connectivity index (χ0n) is 18.1. The lowest BCUT2D eigenvalue weighted by Gasteiger charge is -2.34. The van der Waals surface area contributed by atoms with Crippen LogP contribution in [0.5, 0.6) is 0 Å². The monoisotopic (exact) mass is 408 g/mol. The Balaban J connectivity index is 1.41. The van der Waals surface area contributed by atoms with Gasteiger partial charge in [-0.3, -0.25) is 9.59 Å². The van der Waals surface area contributed by atoms with Crippen LogP contribution in [0.4, 0.5) is 11.4 Å². The Morgan fingerprint density at radius 3 is 2.13 bits per heavy atom. The second-order valence-corrected chi connectivity index (χ2v) is 8.19. The quantitative estimate of drug-likeness (QED) is 0.722. The fraction of sp³-hybridized carbons (Fsp3) is 0.417. The molecule has 1 aliphatic rings. The van der Waals surface area contributed by atoms with Crippen molar-refractivity contribution in [2.45, 2.75) is 26.2 Å². The number of carbonyl (C=O) groups excluding carboxylic acids is 2. The van der Waals surface area contributed by atoms with E-state index in [0.717, 1.165) is 31.7 Å². The number of amides is 2. The first-order chi connectivity index (χ1) is 14.4. The highest BCUT2D eigenvalue weighted by Crippen LogP contribution is 2.18. The molecule has 0 saturated carbocycles. The van der Waals surface area contributed by atoms with Crippen molar-refractivity contribution in [1.82, 2.24) is 10.2 Å². The van der Waals surface area contributed by atoms with Gasteiger partial charge in [0.2, 0.25) is 0 Å². The molecule has 0 aliphatic carbocycles. The van der Waals surface area contributed by atoms with E-state index in [0.29, 0.717) is 24.6 Å². The summed E-state index contributed by atoms with van der Waals surface area (Å²) in [6, 6.07) is 16.0. The van der Waals surface area contributed by atoms with Gasteiger partial charge in [0.05, 0.1) is 0 Å². The molecule has 2 aromatic carbocycles. The summed E-state index contributed by atoms with van der Waals surface area (Å²) in [6.45, 7) is 8.90. The summed E-state index contributed by atoms with van der Waals surface area (Å²) in [5.41, 5.74) is 4.19. The van der Waals surface area contributed by atoms with Crippen LogP contribution in [0.15, 0.2) is 48.5 Å². The molecule has 0 unspecified atom stereocenters. The van der Waals surface area contributed by atoms with Gasteiger partial charge in [-0.15, -0.1) is 0 Å². The minimum Gasteiger partial charge on any atom is -0.369 e. The Morgan fingerprint density at radius 1 is 0.900 bits per heavy atom. The van der Waals surface area contributed by atoms with Gasteiger partial charge in [-0.1, -0.05) is 38.1 Å². The van der Waals surface area contributed by atoms with Crippen molar-refractivity contribution >= 4 is 23.2 Å². The number of carbonyl (C=O) groups is 2. The average molecular weight is 409 g/mol. The largest absolute Gasteiger partial charge is 0.369 e. The summed E-state index contributed by atoms with van der Waals surface area (Å²) in [5.74, 6) is -0.830. The third-order valence-electron chi connectivity index (χ3n) is 5.55. The molecule has 6 heteroatoms. The molecule has 1 aliphatic heterocycles. The lowest BCUT2D eigenvalue weighted by molar-refractivity contribution is -0.136. The van der Waals surface area contributed by atoms with E-state index < -0.39 is 11.8 Å². The predicted molar refractivity (Wildman–Crippen MR) is 122 cm³/mol. The number of benzene rings is 2. The molecule has 1 saturated heterocycles. The first-order valence-corrected chi connectivity index (χ1v) is 10.6. The molecule has 3 rings (SSSR count). The maximum absolute atomic E-state index is 12.1. The van der Waals surface area contributed by atoms with Crippen LogP contribution in [0, 0.1) is 0 Å². The van der Waals surface area contributed by atoms with Crippen LogP contribution in [-0.4, -0.2) is 56.5 Å². The van der Waals surface area contributed by atoms with Gasteiger partial charge < -0.3 is 20.4 Å². The first kappa shape index (κ1) is 21.8. The second kappa shape index (κ2) is 10.3. The van der Waals surface area contributed by atoms with E-state index in [1.807, 2.05) is 24.3 Å². The number of likely N-dealkylation sites (N-methyl/N-ethyl adjacent to an activating group) is 1. The number of anilines is 2. The number of nitrogens with one attached hydrogen (secondary N) is 2. The maximum Gasteiger partial charge on any atom is 0.313 e. The molecule has 2 N–H and O–H groups in total. The van der Waals surface area contributed by atoms with Crippen molar-refractivity contribution in [3.8, 4) is 0 Å². The Labute approximate surface area is 179 Å². The van der Waals surface area contributed by atoms with Crippen molar-refractivity contribution in [1.29, 1.82) is 0 Å². The number of hydrogen-bond donors (Lipinski definition) is 2. The average Bonchev–Trinajstić information content (AvgIpc) is 2.75. The van der Waals surface area contributed by atoms with Crippen molar-refractivity contribution in [3.63, 3.8) is 0 Å². The van der Waals surface area contributed by atoms with Gasteiger partial charge in [0.15, 0.2) is 0 Å². The van der Waals surface area contributed by atoms with E-state index in [1.54, 1.807) is 0 Å². The maximum atomic E-state index is 12.1. The molecule has 1 heterocycles. The van der Waals surface area contributed by atoms with Crippen LogP contribution >= 0.6 is 0 Å². The Hall–Kier alpha value is -2.86. The lowest BCUT2D eigenvalue weighted by atomic mass is 10.0. The van der Waals surface area contributed by atoms with Gasteiger partial charge in [0, 0.05) is 44.1 Å². The molecule has 160 valence electrons. The van der Waals surface area contributed by atoms with Crippen LogP contribution in [-0.2, 0) is 16.0 Å². The molecule has 2 amide bonds. The molecule has 0 radical (unpaired) electrons. The van der Waals surface area contributed by atoms with Gasteiger partial charge in [-0.2, -0.15) is 0 Å². The summed E-state index contributed by atoms with van der Waals surface area (Å²) in [7, 11) is 2.15. The van der Waals surface area contributed by atoms with Crippen LogP contribution < -0.4 is 15.5 Å². The molecule has 30 heavy (non-hydrogen) atoms. The zero-order chi connectivity index (χ0) is 21.5. The van der Waals surface area contributed by atoms with Crippen molar-refractivity contribution < 1.29 is 9.59 Å². The first-order valence-electron chi connectivity index (χ1n) is 10.6. The molecule has 0 spiro atoms. The Morgan fingerprint density at radius 2 is 1.53 bits per heavy atom. The van der Waals surface area contributed by atoms with Crippen molar-refractivity contribution in [2.75, 3.05) is 50.0 Å². The second-order valence-electron chi connectivity index (χ2n) is 8.19. The number of rotatable bonds is 6. The van der Waals surface area contributed by atoms with E-state index in [-0.39, 0.29) is 0 Å². The SMILES string of the molecule is CC(C)c1ccc(NC(=O)C(=O)NCCc2ccc(N3CCN(C)CC3)cc2)cc1. The Bertz CT molecular complexity index is 839. The van der Waals surface area contributed by atoms with E-state index >= 15 is 0 Å². The smallest absolute Gasteiger partial charge is 0.313 e. The highest BCUT2D eigenvalue weighted by atomic mass is 16.2. The minimum absolute atomic E-state index is 0.423. The van der Waals surface area contributed by atoms with E-state index in [4.69, 9.17) is 0 Å². The van der Waals surface area contributed by atoms with Gasteiger partial charge in [-0.05, 0) is 54.8 Å². The molecule has 0 bridgehead atoms. The van der Waals surface area contributed by atoms with E-state index in [9.17, 15) is 9.59 Å². The van der Waals surface area contributed by atoms with Gasteiger partial charge in [0.1, 0.15) is 0 Å². The highest BCUT2D eigenvalue weighted by molar-refractivity contribution is 6.39. The molecule has 0 aromatic heterocycles. The minimum atomic E-state index is -0.641. The summed E-state index contributed by atoms with van der Waals surface area (Å²) >= 11 is 0. The molecule has 6 nitrogen and oxygen atoms in total. The topological polar surface area (TPSA) is 64.7 Å². The van der Waals surface area contributed by atoms with Crippen molar-refractivity contribution in [2.24, 2.45) is 0 Å². The highest BCUT2D eigenvalue weighted by Gasteiger charge is 2.15. The molecular weight excluding hydrogens is 376 g/mol. The molecular formula is C24H32N4O2. The van der Waals surface area contributed by atoms with E-state index in [1.165, 1.54) is 11.3 Å². The van der Waals surface area contributed by atoms with Crippen LogP contribution in [0.2, 0.25) is 0 Å².